The van der Waals surface area contributed by atoms with E-state index in [2.05, 4.69) is 26.2 Å². The number of aromatic nitrogens is 3. The molecular formula is C23H18BrFN4O3. The number of carbonyl (C=O) groups excluding carboxylic acids is 1. The fraction of sp³-hybridized carbons (Fsp3) is 0.130. The van der Waals surface area contributed by atoms with Crippen molar-refractivity contribution in [1.82, 2.24) is 19.4 Å². The SMILES string of the molecule is Cn1c(=O)c2ccc(C(=O)NC(c3ccccc3)c3ccc(Br)cc3F)nc2n(C)c1=O. The number of rotatable bonds is 4. The number of hydrogen-bond donors (Lipinski definition) is 1. The molecule has 0 aliphatic carbocycles. The van der Waals surface area contributed by atoms with E-state index in [4.69, 9.17) is 0 Å². The Balaban J connectivity index is 1.78. The minimum absolute atomic E-state index is 0.000737. The predicted molar refractivity (Wildman–Crippen MR) is 122 cm³/mol. The Morgan fingerprint density at radius 2 is 1.75 bits per heavy atom. The van der Waals surface area contributed by atoms with Crippen LogP contribution in [0.2, 0.25) is 0 Å². The Kier molecular flexibility index (Phi) is 5.75. The van der Waals surface area contributed by atoms with E-state index in [1.807, 2.05) is 6.07 Å². The summed E-state index contributed by atoms with van der Waals surface area (Å²) in [7, 11) is 2.85. The lowest BCUT2D eigenvalue weighted by atomic mass is 9.98. The van der Waals surface area contributed by atoms with Gasteiger partial charge >= 0.3 is 5.69 Å². The summed E-state index contributed by atoms with van der Waals surface area (Å²) in [5.74, 6) is -1.05. The molecule has 1 amide bonds. The van der Waals surface area contributed by atoms with Gasteiger partial charge in [-0.15, -0.1) is 0 Å². The van der Waals surface area contributed by atoms with Gasteiger partial charge in [-0.25, -0.2) is 14.2 Å². The van der Waals surface area contributed by atoms with Crippen LogP contribution in [0.1, 0.15) is 27.7 Å². The second-order valence-electron chi connectivity index (χ2n) is 7.26. The molecule has 0 aliphatic heterocycles. The zero-order valence-corrected chi connectivity index (χ0v) is 18.8. The number of amides is 1. The van der Waals surface area contributed by atoms with Crippen molar-refractivity contribution in [2.24, 2.45) is 14.1 Å². The summed E-state index contributed by atoms with van der Waals surface area (Å²) in [5.41, 5.74) is 0.0169. The summed E-state index contributed by atoms with van der Waals surface area (Å²) >= 11 is 3.24. The average Bonchev–Trinajstić information content (AvgIpc) is 2.80. The summed E-state index contributed by atoms with van der Waals surface area (Å²) in [6.07, 6.45) is 0. The zero-order chi connectivity index (χ0) is 23.0. The first kappa shape index (κ1) is 21.6. The summed E-state index contributed by atoms with van der Waals surface area (Å²) in [6.45, 7) is 0. The molecule has 2 aromatic carbocycles. The van der Waals surface area contributed by atoms with E-state index < -0.39 is 29.0 Å². The summed E-state index contributed by atoms with van der Waals surface area (Å²) in [5, 5.41) is 3.04. The van der Waals surface area contributed by atoms with E-state index in [1.165, 1.54) is 36.9 Å². The second kappa shape index (κ2) is 8.51. The summed E-state index contributed by atoms with van der Waals surface area (Å²) in [4.78, 5) is 41.9. The first-order valence-corrected chi connectivity index (χ1v) is 10.4. The quantitative estimate of drug-likeness (QED) is 0.470. The molecular weight excluding hydrogens is 479 g/mol. The standard InChI is InChI=1S/C23H18BrFN4O3/c1-28-20-16(22(31)29(2)23(28)32)10-11-18(26-20)21(30)27-19(13-6-4-3-5-7-13)15-9-8-14(24)12-17(15)25/h3-12,19H,1-2H3,(H,27,30). The van der Waals surface area contributed by atoms with Crippen LogP contribution >= 0.6 is 15.9 Å². The molecule has 0 saturated carbocycles. The maximum atomic E-state index is 14.8. The van der Waals surface area contributed by atoms with Crippen LogP contribution in [0.5, 0.6) is 0 Å². The monoisotopic (exact) mass is 496 g/mol. The Bertz CT molecular complexity index is 1460. The number of fused-ring (bicyclic) bond motifs is 1. The summed E-state index contributed by atoms with van der Waals surface area (Å²) in [6, 6.07) is 15.7. The first-order valence-electron chi connectivity index (χ1n) is 9.65. The lowest BCUT2D eigenvalue weighted by molar-refractivity contribution is 0.0937. The lowest BCUT2D eigenvalue weighted by Gasteiger charge is -2.20. The van der Waals surface area contributed by atoms with Crippen LogP contribution in [-0.2, 0) is 14.1 Å². The molecule has 2 heterocycles. The van der Waals surface area contributed by atoms with Crippen molar-refractivity contribution in [3.63, 3.8) is 0 Å². The number of benzene rings is 2. The van der Waals surface area contributed by atoms with Crippen molar-refractivity contribution in [2.75, 3.05) is 0 Å². The largest absolute Gasteiger partial charge is 0.340 e. The van der Waals surface area contributed by atoms with Gasteiger partial charge in [0.1, 0.15) is 17.2 Å². The van der Waals surface area contributed by atoms with Gasteiger partial charge in [0, 0.05) is 24.1 Å². The number of aryl methyl sites for hydroxylation is 1. The minimum Gasteiger partial charge on any atom is -0.340 e. The maximum absolute atomic E-state index is 14.8. The minimum atomic E-state index is -0.776. The third kappa shape index (κ3) is 3.87. The van der Waals surface area contributed by atoms with Gasteiger partial charge in [-0.3, -0.25) is 18.7 Å². The molecule has 0 saturated heterocycles. The molecule has 0 bridgehead atoms. The maximum Gasteiger partial charge on any atom is 0.332 e. The second-order valence-corrected chi connectivity index (χ2v) is 8.17. The van der Waals surface area contributed by atoms with Crippen LogP contribution in [-0.4, -0.2) is 20.0 Å². The van der Waals surface area contributed by atoms with Gasteiger partial charge < -0.3 is 5.32 Å². The van der Waals surface area contributed by atoms with Crippen LogP contribution in [0, 0.1) is 5.82 Å². The highest BCUT2D eigenvalue weighted by molar-refractivity contribution is 9.10. The number of nitrogens with one attached hydrogen (secondary N) is 1. The van der Waals surface area contributed by atoms with Gasteiger partial charge in [-0.2, -0.15) is 0 Å². The predicted octanol–water partition coefficient (Wildman–Crippen LogP) is 3.05. The Morgan fingerprint density at radius 1 is 1.03 bits per heavy atom. The van der Waals surface area contributed by atoms with Crippen molar-refractivity contribution < 1.29 is 9.18 Å². The van der Waals surface area contributed by atoms with E-state index in [9.17, 15) is 18.8 Å². The number of hydrogen-bond acceptors (Lipinski definition) is 4. The molecule has 32 heavy (non-hydrogen) atoms. The average molecular weight is 497 g/mol. The smallest absolute Gasteiger partial charge is 0.332 e. The molecule has 4 aromatic rings. The Labute approximate surface area is 190 Å². The van der Waals surface area contributed by atoms with Crippen LogP contribution in [0.3, 0.4) is 0 Å². The number of pyridine rings is 1. The van der Waals surface area contributed by atoms with Crippen LogP contribution in [0.4, 0.5) is 4.39 Å². The van der Waals surface area contributed by atoms with E-state index in [-0.39, 0.29) is 22.3 Å². The number of carbonyl (C=O) groups is 1. The Hall–Kier alpha value is -3.59. The molecule has 0 spiro atoms. The van der Waals surface area contributed by atoms with E-state index in [1.54, 1.807) is 36.4 Å². The molecule has 1 N–H and O–H groups in total. The van der Waals surface area contributed by atoms with Gasteiger partial charge in [0.25, 0.3) is 11.5 Å². The van der Waals surface area contributed by atoms with Crippen LogP contribution in [0.25, 0.3) is 11.0 Å². The highest BCUT2D eigenvalue weighted by atomic mass is 79.9. The van der Waals surface area contributed by atoms with Crippen molar-refractivity contribution in [3.05, 3.63) is 109 Å². The molecule has 162 valence electrons. The van der Waals surface area contributed by atoms with Gasteiger partial charge in [-0.05, 0) is 29.8 Å². The third-order valence-corrected chi connectivity index (χ3v) is 5.71. The van der Waals surface area contributed by atoms with Crippen molar-refractivity contribution in [2.45, 2.75) is 6.04 Å². The van der Waals surface area contributed by atoms with Gasteiger partial charge in [0.2, 0.25) is 0 Å². The highest BCUT2D eigenvalue weighted by Crippen LogP contribution is 2.27. The fourth-order valence-corrected chi connectivity index (χ4v) is 3.84. The molecule has 4 rings (SSSR count). The molecule has 9 heteroatoms. The Morgan fingerprint density at radius 3 is 2.44 bits per heavy atom. The molecule has 0 aliphatic rings. The zero-order valence-electron chi connectivity index (χ0n) is 17.2. The molecule has 7 nitrogen and oxygen atoms in total. The number of nitrogens with zero attached hydrogens (tertiary/aromatic N) is 3. The highest BCUT2D eigenvalue weighted by Gasteiger charge is 2.22. The van der Waals surface area contributed by atoms with Crippen LogP contribution < -0.4 is 16.6 Å². The van der Waals surface area contributed by atoms with Gasteiger partial charge in [0.15, 0.2) is 0 Å². The van der Waals surface area contributed by atoms with Gasteiger partial charge in [0.05, 0.1) is 11.4 Å². The van der Waals surface area contributed by atoms with Crippen molar-refractivity contribution in [1.29, 1.82) is 0 Å². The van der Waals surface area contributed by atoms with Crippen molar-refractivity contribution >= 4 is 32.9 Å². The summed E-state index contributed by atoms with van der Waals surface area (Å²) < 4.78 is 17.5. The molecule has 2 aromatic heterocycles. The van der Waals surface area contributed by atoms with Crippen LogP contribution in [0.15, 0.2) is 74.7 Å². The topological polar surface area (TPSA) is 86.0 Å². The van der Waals surface area contributed by atoms with E-state index in [0.717, 1.165) is 4.57 Å². The molecule has 0 fully saturated rings. The van der Waals surface area contributed by atoms with E-state index in [0.29, 0.717) is 10.0 Å². The lowest BCUT2D eigenvalue weighted by Crippen LogP contribution is -2.37. The van der Waals surface area contributed by atoms with E-state index >= 15 is 0 Å². The molecule has 0 radical (unpaired) electrons. The fourth-order valence-electron chi connectivity index (χ4n) is 3.51. The van der Waals surface area contributed by atoms with Gasteiger partial charge in [-0.1, -0.05) is 52.3 Å². The third-order valence-electron chi connectivity index (χ3n) is 5.22. The first-order chi connectivity index (χ1) is 15.3. The van der Waals surface area contributed by atoms with Crippen molar-refractivity contribution in [3.8, 4) is 0 Å². The normalized spacial score (nSPS) is 12.0. The molecule has 1 atom stereocenters. The number of halogens is 2. The molecule has 1 unspecified atom stereocenters.